The van der Waals surface area contributed by atoms with Crippen molar-refractivity contribution in [2.45, 2.75) is 19.7 Å². The number of halogens is 2. The fourth-order valence-electron chi connectivity index (χ4n) is 3.15. The Bertz CT molecular complexity index is 1040. The molecule has 3 aromatic rings. The summed E-state index contributed by atoms with van der Waals surface area (Å²) in [5.41, 5.74) is 2.91. The molecule has 0 saturated carbocycles. The summed E-state index contributed by atoms with van der Waals surface area (Å²) < 4.78 is 22.2. The van der Waals surface area contributed by atoms with E-state index >= 15 is 0 Å². The summed E-state index contributed by atoms with van der Waals surface area (Å²) in [4.78, 5) is 0. The van der Waals surface area contributed by atoms with E-state index < -0.39 is 0 Å². The highest BCUT2D eigenvalue weighted by Gasteiger charge is 2.14. The predicted molar refractivity (Wildman–Crippen MR) is 117 cm³/mol. The average Bonchev–Trinajstić information content (AvgIpc) is 3.22. The van der Waals surface area contributed by atoms with Crippen LogP contribution in [0.15, 0.2) is 54.6 Å². The molecule has 0 fully saturated rings. The van der Waals surface area contributed by atoms with Gasteiger partial charge >= 0.3 is 0 Å². The van der Waals surface area contributed by atoms with Gasteiger partial charge in [-0.2, -0.15) is 0 Å². The topological polar surface area (TPSA) is 49.0 Å². The van der Waals surface area contributed by atoms with E-state index in [1.807, 2.05) is 48.5 Å². The van der Waals surface area contributed by atoms with Crippen LogP contribution in [0.3, 0.4) is 0 Å². The molecular weight excluding hydrogens is 425 g/mol. The summed E-state index contributed by atoms with van der Waals surface area (Å²) in [7, 11) is 1.61. The molecule has 0 radical (unpaired) electrons. The Morgan fingerprint density at radius 3 is 2.53 bits per heavy atom. The standard InChI is InChI=1S/C23H21Cl2NO4/c1-27-21-9-17(12-26-11-15-6-7-20-22(8-15)30-14-29-20)19(25)10-23(21)28-13-16-4-2-3-5-18(16)24/h2-10,26H,11-14H2,1H3. The van der Waals surface area contributed by atoms with Crippen LogP contribution in [-0.4, -0.2) is 13.9 Å². The number of fused-ring (bicyclic) bond motifs is 1. The van der Waals surface area contributed by atoms with Crippen LogP contribution < -0.4 is 24.3 Å². The molecule has 0 spiro atoms. The molecule has 7 heteroatoms. The van der Waals surface area contributed by atoms with Crippen molar-refractivity contribution in [1.82, 2.24) is 5.32 Å². The molecule has 30 heavy (non-hydrogen) atoms. The van der Waals surface area contributed by atoms with Crippen LogP contribution in [0.4, 0.5) is 0 Å². The van der Waals surface area contributed by atoms with Gasteiger partial charge in [-0.15, -0.1) is 0 Å². The Hall–Kier alpha value is -2.60. The van der Waals surface area contributed by atoms with E-state index in [0.29, 0.717) is 41.2 Å². The number of hydrogen-bond acceptors (Lipinski definition) is 5. The van der Waals surface area contributed by atoms with Crippen LogP contribution in [0.5, 0.6) is 23.0 Å². The van der Waals surface area contributed by atoms with Crippen molar-refractivity contribution in [3.63, 3.8) is 0 Å². The molecule has 1 heterocycles. The van der Waals surface area contributed by atoms with Crippen molar-refractivity contribution in [1.29, 1.82) is 0 Å². The number of rotatable bonds is 8. The van der Waals surface area contributed by atoms with Crippen LogP contribution >= 0.6 is 23.2 Å². The van der Waals surface area contributed by atoms with E-state index in [4.69, 9.17) is 42.1 Å². The first-order valence-corrected chi connectivity index (χ1v) is 10.2. The molecule has 0 saturated heterocycles. The second-order valence-corrected chi connectivity index (χ2v) is 7.58. The molecule has 0 amide bonds. The Kier molecular flexibility index (Phi) is 6.53. The quantitative estimate of drug-likeness (QED) is 0.488. The summed E-state index contributed by atoms with van der Waals surface area (Å²) in [5.74, 6) is 2.74. The zero-order chi connectivity index (χ0) is 20.9. The molecule has 1 aliphatic heterocycles. The molecule has 4 rings (SSSR count). The molecule has 0 aliphatic carbocycles. The molecule has 0 unspecified atom stereocenters. The highest BCUT2D eigenvalue weighted by Crippen LogP contribution is 2.35. The molecule has 0 bridgehead atoms. The zero-order valence-corrected chi connectivity index (χ0v) is 17.9. The van der Waals surface area contributed by atoms with Gasteiger partial charge in [-0.1, -0.05) is 47.5 Å². The molecule has 0 aromatic heterocycles. The summed E-state index contributed by atoms with van der Waals surface area (Å²) in [5, 5.41) is 4.65. The Morgan fingerprint density at radius 2 is 1.70 bits per heavy atom. The lowest BCUT2D eigenvalue weighted by Crippen LogP contribution is -2.13. The van der Waals surface area contributed by atoms with Gasteiger partial charge in [0.25, 0.3) is 0 Å². The first-order chi connectivity index (χ1) is 14.6. The third-order valence-electron chi connectivity index (χ3n) is 4.76. The average molecular weight is 446 g/mol. The van der Waals surface area contributed by atoms with Crippen molar-refractivity contribution < 1.29 is 18.9 Å². The van der Waals surface area contributed by atoms with Crippen LogP contribution in [0.1, 0.15) is 16.7 Å². The second-order valence-electron chi connectivity index (χ2n) is 6.77. The lowest BCUT2D eigenvalue weighted by molar-refractivity contribution is 0.174. The van der Waals surface area contributed by atoms with Gasteiger partial charge in [-0.3, -0.25) is 0 Å². The summed E-state index contributed by atoms with van der Waals surface area (Å²) in [6.45, 7) is 1.84. The predicted octanol–water partition coefficient (Wildman–Crippen LogP) is 5.60. The summed E-state index contributed by atoms with van der Waals surface area (Å²) in [6.07, 6.45) is 0. The lowest BCUT2D eigenvalue weighted by Gasteiger charge is -2.15. The maximum atomic E-state index is 6.49. The van der Waals surface area contributed by atoms with Gasteiger partial charge in [0.1, 0.15) is 6.61 Å². The normalized spacial score (nSPS) is 12.1. The van der Waals surface area contributed by atoms with Crippen LogP contribution in [-0.2, 0) is 19.7 Å². The minimum absolute atomic E-state index is 0.270. The van der Waals surface area contributed by atoms with Gasteiger partial charge in [-0.05, 0) is 35.4 Å². The molecule has 0 atom stereocenters. The van der Waals surface area contributed by atoms with Gasteiger partial charge in [0.15, 0.2) is 23.0 Å². The number of ether oxygens (including phenoxy) is 4. The van der Waals surface area contributed by atoms with Gasteiger partial charge in [0, 0.05) is 34.8 Å². The SMILES string of the molecule is COc1cc(CNCc2ccc3c(c2)OCO3)c(Cl)cc1OCc1ccccc1Cl. The fourth-order valence-corrected chi connectivity index (χ4v) is 3.56. The van der Waals surface area contributed by atoms with Crippen molar-refractivity contribution in [2.24, 2.45) is 0 Å². The van der Waals surface area contributed by atoms with Gasteiger partial charge in [0.05, 0.1) is 7.11 Å². The Labute approximate surface area is 185 Å². The highest BCUT2D eigenvalue weighted by atomic mass is 35.5. The first-order valence-electron chi connectivity index (χ1n) is 9.46. The molecule has 1 N–H and O–H groups in total. The van der Waals surface area contributed by atoms with Crippen molar-refractivity contribution >= 4 is 23.2 Å². The molecule has 1 aliphatic rings. The fraction of sp³-hybridized carbons (Fsp3) is 0.217. The third-order valence-corrected chi connectivity index (χ3v) is 5.48. The Balaban J connectivity index is 1.39. The van der Waals surface area contributed by atoms with E-state index in [9.17, 15) is 0 Å². The highest BCUT2D eigenvalue weighted by molar-refractivity contribution is 6.31. The van der Waals surface area contributed by atoms with Gasteiger partial charge in [-0.25, -0.2) is 0 Å². The van der Waals surface area contributed by atoms with E-state index in [0.717, 1.165) is 28.2 Å². The number of nitrogens with one attached hydrogen (secondary N) is 1. The monoisotopic (exact) mass is 445 g/mol. The lowest BCUT2D eigenvalue weighted by atomic mass is 10.1. The number of hydrogen-bond donors (Lipinski definition) is 1. The van der Waals surface area contributed by atoms with Crippen molar-refractivity contribution in [3.8, 4) is 23.0 Å². The second kappa shape index (κ2) is 9.47. The van der Waals surface area contributed by atoms with Crippen molar-refractivity contribution in [3.05, 3.63) is 81.3 Å². The van der Waals surface area contributed by atoms with Crippen LogP contribution in [0.25, 0.3) is 0 Å². The van der Waals surface area contributed by atoms with Gasteiger partial charge in [0.2, 0.25) is 6.79 Å². The van der Waals surface area contributed by atoms with E-state index in [1.165, 1.54) is 0 Å². The van der Waals surface area contributed by atoms with Crippen LogP contribution in [0, 0.1) is 0 Å². The first kappa shape index (κ1) is 20.7. The molecule has 3 aromatic carbocycles. The molecule has 5 nitrogen and oxygen atoms in total. The maximum absolute atomic E-state index is 6.49. The number of methoxy groups -OCH3 is 1. The van der Waals surface area contributed by atoms with E-state index in [2.05, 4.69) is 5.32 Å². The van der Waals surface area contributed by atoms with E-state index in [-0.39, 0.29) is 6.79 Å². The minimum atomic E-state index is 0.270. The largest absolute Gasteiger partial charge is 0.493 e. The van der Waals surface area contributed by atoms with E-state index in [1.54, 1.807) is 13.2 Å². The summed E-state index contributed by atoms with van der Waals surface area (Å²) >= 11 is 12.7. The number of benzene rings is 3. The summed E-state index contributed by atoms with van der Waals surface area (Å²) in [6, 6.07) is 17.1. The molecule has 156 valence electrons. The third kappa shape index (κ3) is 4.75. The minimum Gasteiger partial charge on any atom is -0.493 e. The van der Waals surface area contributed by atoms with Crippen molar-refractivity contribution in [2.75, 3.05) is 13.9 Å². The maximum Gasteiger partial charge on any atom is 0.231 e. The van der Waals surface area contributed by atoms with Gasteiger partial charge < -0.3 is 24.3 Å². The molecular formula is C23H21Cl2NO4. The van der Waals surface area contributed by atoms with Crippen LogP contribution in [0.2, 0.25) is 10.0 Å². The zero-order valence-electron chi connectivity index (χ0n) is 16.4. The smallest absolute Gasteiger partial charge is 0.231 e. The Morgan fingerprint density at radius 1 is 0.867 bits per heavy atom.